The minimum Gasteiger partial charge on any atom is -0.368 e. The number of rotatable bonds is 1. The lowest BCUT2D eigenvalue weighted by Gasteiger charge is -2.35. The predicted molar refractivity (Wildman–Crippen MR) is 88.6 cm³/mol. The fraction of sp³-hybridized carbons (Fsp3) is 0.412. The zero-order valence-electron chi connectivity index (χ0n) is 11.9. The Labute approximate surface area is 124 Å². The highest BCUT2D eigenvalue weighted by atomic mass is 32.2. The quantitative estimate of drug-likeness (QED) is 0.864. The van der Waals surface area contributed by atoms with E-state index >= 15 is 0 Å². The number of hydrogen-bond donors (Lipinski definition) is 1. The van der Waals surface area contributed by atoms with E-state index in [4.69, 9.17) is 0 Å². The van der Waals surface area contributed by atoms with Gasteiger partial charge >= 0.3 is 0 Å². The normalized spacial score (nSPS) is 22.2. The maximum Gasteiger partial charge on any atom is 0.0447 e. The van der Waals surface area contributed by atoms with E-state index in [1.54, 1.807) is 0 Å². The summed E-state index contributed by atoms with van der Waals surface area (Å²) in [5, 5.41) is 6.51. The van der Waals surface area contributed by atoms with Gasteiger partial charge in [0.1, 0.15) is 0 Å². The van der Waals surface area contributed by atoms with Crippen molar-refractivity contribution in [3.05, 3.63) is 41.5 Å². The Morgan fingerprint density at radius 1 is 1.15 bits per heavy atom. The zero-order valence-corrected chi connectivity index (χ0v) is 12.7. The van der Waals surface area contributed by atoms with Crippen LogP contribution in [-0.2, 0) is 11.5 Å². The van der Waals surface area contributed by atoms with Gasteiger partial charge in [0.05, 0.1) is 0 Å². The number of piperazine rings is 1. The molecule has 20 heavy (non-hydrogen) atoms. The molecule has 2 nitrogen and oxygen atoms in total. The first-order chi connectivity index (χ1) is 9.83. The molecule has 0 bridgehead atoms. The van der Waals surface area contributed by atoms with E-state index in [0.29, 0.717) is 6.04 Å². The summed E-state index contributed by atoms with van der Waals surface area (Å²) in [6.45, 7) is 5.57. The summed E-state index contributed by atoms with van der Waals surface area (Å²) in [7, 11) is 0. The number of nitrogens with one attached hydrogen (secondary N) is 1. The molecule has 0 saturated carbocycles. The van der Waals surface area contributed by atoms with Gasteiger partial charge in [-0.3, -0.25) is 0 Å². The highest BCUT2D eigenvalue weighted by Gasteiger charge is 2.20. The van der Waals surface area contributed by atoms with Gasteiger partial charge in [-0.2, -0.15) is 11.8 Å². The molecule has 1 N–H and O–H groups in total. The van der Waals surface area contributed by atoms with E-state index in [1.165, 1.54) is 27.6 Å². The molecule has 1 fully saturated rings. The molecule has 0 radical (unpaired) electrons. The number of benzene rings is 2. The van der Waals surface area contributed by atoms with Crippen LogP contribution >= 0.6 is 11.8 Å². The molecule has 0 aliphatic carbocycles. The zero-order chi connectivity index (χ0) is 13.5. The van der Waals surface area contributed by atoms with Gasteiger partial charge in [-0.05, 0) is 29.5 Å². The minimum atomic E-state index is 0.574. The molecule has 2 aromatic carbocycles. The van der Waals surface area contributed by atoms with Crippen molar-refractivity contribution in [2.45, 2.75) is 24.5 Å². The first-order valence-electron chi connectivity index (χ1n) is 7.42. The molecular weight excluding hydrogens is 264 g/mol. The molecule has 2 aliphatic rings. The van der Waals surface area contributed by atoms with Gasteiger partial charge in [-0.15, -0.1) is 0 Å². The second kappa shape index (κ2) is 4.97. The molecule has 1 saturated heterocycles. The molecule has 0 spiro atoms. The van der Waals surface area contributed by atoms with Gasteiger partial charge in [-0.25, -0.2) is 0 Å². The molecule has 2 aliphatic heterocycles. The van der Waals surface area contributed by atoms with Gasteiger partial charge in [0.25, 0.3) is 0 Å². The Hall–Kier alpha value is -1.19. The van der Waals surface area contributed by atoms with E-state index in [9.17, 15) is 0 Å². The third kappa shape index (κ3) is 2.00. The van der Waals surface area contributed by atoms with Crippen LogP contribution in [0.15, 0.2) is 30.3 Å². The minimum absolute atomic E-state index is 0.574. The Balaban J connectivity index is 1.87. The van der Waals surface area contributed by atoms with Gasteiger partial charge in [0.2, 0.25) is 0 Å². The fourth-order valence-electron chi connectivity index (χ4n) is 3.48. The lowest BCUT2D eigenvalue weighted by Crippen LogP contribution is -2.49. The van der Waals surface area contributed by atoms with Crippen LogP contribution in [-0.4, -0.2) is 25.7 Å². The summed E-state index contributed by atoms with van der Waals surface area (Å²) >= 11 is 2.03. The average molecular weight is 284 g/mol. The molecule has 0 unspecified atom stereocenters. The molecule has 1 atom stereocenters. The summed E-state index contributed by atoms with van der Waals surface area (Å²) in [5.41, 5.74) is 4.45. The Kier molecular flexibility index (Phi) is 3.12. The lowest BCUT2D eigenvalue weighted by molar-refractivity contribution is 0.485. The van der Waals surface area contributed by atoms with Gasteiger partial charge < -0.3 is 10.2 Å². The standard InChI is InChI=1S/C17H20N2S/c1-12-9-19(8-7-18-12)16-6-5-14-11-20-10-13-3-2-4-15(16)17(13)14/h2-6,12,18H,7-11H2,1H3/t12-/m1/s1. The van der Waals surface area contributed by atoms with Crippen molar-refractivity contribution < 1.29 is 0 Å². The van der Waals surface area contributed by atoms with Crippen molar-refractivity contribution in [3.63, 3.8) is 0 Å². The smallest absolute Gasteiger partial charge is 0.0447 e. The SMILES string of the molecule is C[C@@H]1CN(c2ccc3c4c(cccc24)CSC3)CCN1. The lowest BCUT2D eigenvalue weighted by atomic mass is 9.98. The Morgan fingerprint density at radius 3 is 2.85 bits per heavy atom. The summed E-state index contributed by atoms with van der Waals surface area (Å²) < 4.78 is 0. The maximum atomic E-state index is 3.53. The first-order valence-corrected chi connectivity index (χ1v) is 8.58. The van der Waals surface area contributed by atoms with Crippen LogP contribution in [0.3, 0.4) is 0 Å². The molecule has 2 aromatic rings. The third-order valence-corrected chi connectivity index (χ3v) is 5.45. The molecule has 2 heterocycles. The average Bonchev–Trinajstić information content (AvgIpc) is 2.48. The van der Waals surface area contributed by atoms with E-state index in [1.807, 2.05) is 11.8 Å². The first kappa shape index (κ1) is 12.5. The van der Waals surface area contributed by atoms with Crippen molar-refractivity contribution in [2.24, 2.45) is 0 Å². The highest BCUT2D eigenvalue weighted by Crippen LogP contribution is 2.38. The van der Waals surface area contributed by atoms with Gasteiger partial charge in [0.15, 0.2) is 0 Å². The molecule has 3 heteroatoms. The summed E-state index contributed by atoms with van der Waals surface area (Å²) in [6.07, 6.45) is 0. The van der Waals surface area contributed by atoms with Gasteiger partial charge in [-0.1, -0.05) is 24.3 Å². The van der Waals surface area contributed by atoms with Crippen LogP contribution < -0.4 is 10.2 Å². The predicted octanol–water partition coefficient (Wildman–Crippen LogP) is 3.38. The number of nitrogens with zero attached hydrogens (tertiary/aromatic N) is 1. The number of thioether (sulfide) groups is 1. The van der Waals surface area contributed by atoms with Crippen LogP contribution in [0.2, 0.25) is 0 Å². The monoisotopic (exact) mass is 284 g/mol. The van der Waals surface area contributed by atoms with Crippen molar-refractivity contribution >= 4 is 28.2 Å². The third-order valence-electron chi connectivity index (χ3n) is 4.41. The second-order valence-corrected chi connectivity index (χ2v) is 6.86. The molecular formula is C17H20N2S. The summed E-state index contributed by atoms with van der Waals surface area (Å²) in [6, 6.07) is 12.1. The van der Waals surface area contributed by atoms with Crippen LogP contribution in [0, 0.1) is 0 Å². The van der Waals surface area contributed by atoms with Crippen molar-refractivity contribution in [1.82, 2.24) is 5.32 Å². The van der Waals surface area contributed by atoms with Crippen LogP contribution in [0.5, 0.6) is 0 Å². The van der Waals surface area contributed by atoms with Gasteiger partial charge in [0, 0.05) is 48.3 Å². The Bertz CT molecular complexity index is 642. The molecule has 4 rings (SSSR count). The maximum absolute atomic E-state index is 3.53. The summed E-state index contributed by atoms with van der Waals surface area (Å²) in [4.78, 5) is 2.55. The van der Waals surface area contributed by atoms with E-state index in [2.05, 4.69) is 47.5 Å². The molecule has 104 valence electrons. The second-order valence-electron chi connectivity index (χ2n) is 5.88. The number of anilines is 1. The largest absolute Gasteiger partial charge is 0.368 e. The topological polar surface area (TPSA) is 15.3 Å². The molecule has 0 aromatic heterocycles. The van der Waals surface area contributed by atoms with Crippen molar-refractivity contribution in [3.8, 4) is 0 Å². The van der Waals surface area contributed by atoms with Crippen LogP contribution in [0.25, 0.3) is 10.8 Å². The molecule has 0 amide bonds. The number of hydrogen-bond acceptors (Lipinski definition) is 3. The van der Waals surface area contributed by atoms with Crippen molar-refractivity contribution in [1.29, 1.82) is 0 Å². The highest BCUT2D eigenvalue weighted by molar-refractivity contribution is 7.97. The van der Waals surface area contributed by atoms with E-state index in [0.717, 1.165) is 31.1 Å². The van der Waals surface area contributed by atoms with Crippen molar-refractivity contribution in [2.75, 3.05) is 24.5 Å². The fourth-order valence-corrected chi connectivity index (χ4v) is 4.51. The van der Waals surface area contributed by atoms with Crippen LogP contribution in [0.4, 0.5) is 5.69 Å². The van der Waals surface area contributed by atoms with E-state index < -0.39 is 0 Å². The summed E-state index contributed by atoms with van der Waals surface area (Å²) in [5.74, 6) is 2.32. The van der Waals surface area contributed by atoms with E-state index in [-0.39, 0.29) is 0 Å². The van der Waals surface area contributed by atoms with Crippen LogP contribution in [0.1, 0.15) is 18.1 Å². The Morgan fingerprint density at radius 2 is 2.00 bits per heavy atom.